The highest BCUT2D eigenvalue weighted by molar-refractivity contribution is 9.10. The SMILES string of the molecule is CC1(C)CC1(CN)c1ccccc1Br. The maximum atomic E-state index is 5.92. The number of nitrogens with two attached hydrogens (primary N) is 1. The Morgan fingerprint density at radius 1 is 1.36 bits per heavy atom. The summed E-state index contributed by atoms with van der Waals surface area (Å²) in [5, 5.41) is 0. The molecule has 0 bridgehead atoms. The van der Waals surface area contributed by atoms with Crippen LogP contribution in [0.15, 0.2) is 28.7 Å². The van der Waals surface area contributed by atoms with Crippen molar-refractivity contribution >= 4 is 15.9 Å². The van der Waals surface area contributed by atoms with Crippen molar-refractivity contribution in [3.05, 3.63) is 34.3 Å². The molecule has 0 spiro atoms. The number of benzene rings is 1. The van der Waals surface area contributed by atoms with E-state index in [0.29, 0.717) is 5.41 Å². The molecule has 1 nitrogen and oxygen atoms in total. The Bertz CT molecular complexity index is 359. The lowest BCUT2D eigenvalue weighted by molar-refractivity contribution is 0.501. The summed E-state index contributed by atoms with van der Waals surface area (Å²) >= 11 is 3.61. The molecule has 76 valence electrons. The Balaban J connectivity index is 2.46. The first-order valence-electron chi connectivity index (χ1n) is 4.99. The molecule has 0 aromatic heterocycles. The molecule has 0 aliphatic heterocycles. The summed E-state index contributed by atoms with van der Waals surface area (Å²) in [6, 6.07) is 8.42. The third-order valence-corrected chi connectivity index (χ3v) is 4.34. The Morgan fingerprint density at radius 3 is 2.36 bits per heavy atom. The van der Waals surface area contributed by atoms with E-state index in [9.17, 15) is 0 Å². The molecule has 1 saturated carbocycles. The first-order valence-corrected chi connectivity index (χ1v) is 5.78. The van der Waals surface area contributed by atoms with E-state index >= 15 is 0 Å². The zero-order chi connectivity index (χ0) is 10.4. The monoisotopic (exact) mass is 253 g/mol. The topological polar surface area (TPSA) is 26.0 Å². The second kappa shape index (κ2) is 3.07. The van der Waals surface area contributed by atoms with Gasteiger partial charge in [0.1, 0.15) is 0 Å². The molecule has 1 aromatic rings. The molecule has 1 unspecified atom stereocenters. The second-order valence-corrected chi connectivity index (χ2v) is 5.68. The summed E-state index contributed by atoms with van der Waals surface area (Å²) in [7, 11) is 0. The largest absolute Gasteiger partial charge is 0.330 e. The predicted molar refractivity (Wildman–Crippen MR) is 63.3 cm³/mol. The van der Waals surface area contributed by atoms with E-state index < -0.39 is 0 Å². The third kappa shape index (κ3) is 1.24. The Hall–Kier alpha value is -0.340. The third-order valence-electron chi connectivity index (χ3n) is 3.65. The molecular formula is C12H16BrN. The molecule has 1 aliphatic rings. The highest BCUT2D eigenvalue weighted by atomic mass is 79.9. The van der Waals surface area contributed by atoms with Crippen LogP contribution >= 0.6 is 15.9 Å². The predicted octanol–water partition coefficient (Wildman–Crippen LogP) is 3.08. The van der Waals surface area contributed by atoms with Gasteiger partial charge in [0.05, 0.1) is 0 Å². The van der Waals surface area contributed by atoms with E-state index in [1.807, 2.05) is 6.07 Å². The van der Waals surface area contributed by atoms with Gasteiger partial charge in [-0.15, -0.1) is 0 Å². The molecule has 0 radical (unpaired) electrons. The van der Waals surface area contributed by atoms with E-state index in [2.05, 4.69) is 48.0 Å². The quantitative estimate of drug-likeness (QED) is 0.862. The number of rotatable bonds is 2. The normalized spacial score (nSPS) is 28.9. The molecule has 1 atom stereocenters. The first-order chi connectivity index (χ1) is 6.53. The van der Waals surface area contributed by atoms with Crippen LogP contribution in [0.5, 0.6) is 0 Å². The van der Waals surface area contributed by atoms with Gasteiger partial charge in [-0.05, 0) is 23.5 Å². The van der Waals surface area contributed by atoms with Crippen LogP contribution < -0.4 is 5.73 Å². The van der Waals surface area contributed by atoms with Gasteiger partial charge >= 0.3 is 0 Å². The lowest BCUT2D eigenvalue weighted by Crippen LogP contribution is -2.25. The number of hydrogen-bond acceptors (Lipinski definition) is 1. The molecule has 2 rings (SSSR count). The molecule has 14 heavy (non-hydrogen) atoms. The Morgan fingerprint density at radius 2 is 1.93 bits per heavy atom. The van der Waals surface area contributed by atoms with Crippen molar-refractivity contribution in [2.24, 2.45) is 11.1 Å². The average molecular weight is 254 g/mol. The van der Waals surface area contributed by atoms with Crippen LogP contribution in [0, 0.1) is 5.41 Å². The van der Waals surface area contributed by atoms with Crippen molar-refractivity contribution in [2.75, 3.05) is 6.54 Å². The van der Waals surface area contributed by atoms with Crippen LogP contribution in [-0.4, -0.2) is 6.54 Å². The highest BCUT2D eigenvalue weighted by Gasteiger charge is 2.61. The standard InChI is InChI=1S/C12H16BrN/c1-11(2)7-12(11,8-14)9-5-3-4-6-10(9)13/h3-6H,7-8,14H2,1-2H3. The van der Waals surface area contributed by atoms with Gasteiger partial charge in [-0.2, -0.15) is 0 Å². The molecule has 1 fully saturated rings. The molecule has 0 saturated heterocycles. The minimum atomic E-state index is 0.201. The van der Waals surface area contributed by atoms with Crippen molar-refractivity contribution in [3.8, 4) is 0 Å². The van der Waals surface area contributed by atoms with Gasteiger partial charge in [0.15, 0.2) is 0 Å². The van der Waals surface area contributed by atoms with Crippen LogP contribution in [0.2, 0.25) is 0 Å². The lowest BCUT2D eigenvalue weighted by Gasteiger charge is -2.20. The van der Waals surface area contributed by atoms with Gasteiger partial charge in [0.25, 0.3) is 0 Å². The van der Waals surface area contributed by atoms with Crippen LogP contribution in [-0.2, 0) is 5.41 Å². The van der Waals surface area contributed by atoms with Crippen LogP contribution in [0.3, 0.4) is 0 Å². The van der Waals surface area contributed by atoms with Gasteiger partial charge < -0.3 is 5.73 Å². The molecule has 2 N–H and O–H groups in total. The Kier molecular flexibility index (Phi) is 2.24. The van der Waals surface area contributed by atoms with E-state index in [1.165, 1.54) is 16.5 Å². The van der Waals surface area contributed by atoms with E-state index in [0.717, 1.165) is 6.54 Å². The van der Waals surface area contributed by atoms with E-state index in [4.69, 9.17) is 5.73 Å². The zero-order valence-corrected chi connectivity index (χ0v) is 10.3. The van der Waals surface area contributed by atoms with Crippen molar-refractivity contribution in [1.29, 1.82) is 0 Å². The fraction of sp³-hybridized carbons (Fsp3) is 0.500. The molecule has 2 heteroatoms. The van der Waals surface area contributed by atoms with E-state index in [-0.39, 0.29) is 5.41 Å². The van der Waals surface area contributed by atoms with Gasteiger partial charge in [-0.3, -0.25) is 0 Å². The summed E-state index contributed by atoms with van der Waals surface area (Å²) in [6.45, 7) is 5.32. The average Bonchev–Trinajstić information content (AvgIpc) is 2.70. The fourth-order valence-electron chi connectivity index (χ4n) is 2.48. The minimum Gasteiger partial charge on any atom is -0.330 e. The number of halogens is 1. The Labute approximate surface area is 93.8 Å². The molecular weight excluding hydrogens is 238 g/mol. The summed E-state index contributed by atoms with van der Waals surface area (Å²) in [6.07, 6.45) is 1.19. The van der Waals surface area contributed by atoms with Crippen LogP contribution in [0.4, 0.5) is 0 Å². The van der Waals surface area contributed by atoms with Crippen molar-refractivity contribution in [2.45, 2.75) is 25.7 Å². The van der Waals surface area contributed by atoms with Gasteiger partial charge in [0, 0.05) is 16.4 Å². The number of hydrogen-bond donors (Lipinski definition) is 1. The van der Waals surface area contributed by atoms with Gasteiger partial charge in [-0.1, -0.05) is 48.0 Å². The zero-order valence-electron chi connectivity index (χ0n) is 8.68. The van der Waals surface area contributed by atoms with E-state index in [1.54, 1.807) is 0 Å². The van der Waals surface area contributed by atoms with Crippen molar-refractivity contribution in [3.63, 3.8) is 0 Å². The van der Waals surface area contributed by atoms with Crippen molar-refractivity contribution < 1.29 is 0 Å². The summed E-state index contributed by atoms with van der Waals surface area (Å²) < 4.78 is 1.19. The lowest BCUT2D eigenvalue weighted by atomic mass is 9.88. The summed E-state index contributed by atoms with van der Waals surface area (Å²) in [5.74, 6) is 0. The van der Waals surface area contributed by atoms with Crippen LogP contribution in [0.1, 0.15) is 25.8 Å². The molecule has 0 heterocycles. The molecule has 0 amide bonds. The maximum Gasteiger partial charge on any atom is 0.0213 e. The van der Waals surface area contributed by atoms with Gasteiger partial charge in [0.2, 0.25) is 0 Å². The van der Waals surface area contributed by atoms with Crippen molar-refractivity contribution in [1.82, 2.24) is 0 Å². The summed E-state index contributed by atoms with van der Waals surface area (Å²) in [5.41, 5.74) is 7.85. The second-order valence-electron chi connectivity index (χ2n) is 4.83. The van der Waals surface area contributed by atoms with Gasteiger partial charge in [-0.25, -0.2) is 0 Å². The molecule has 1 aromatic carbocycles. The first kappa shape index (κ1) is 10.2. The fourth-order valence-corrected chi connectivity index (χ4v) is 3.14. The van der Waals surface area contributed by atoms with Crippen LogP contribution in [0.25, 0.3) is 0 Å². The highest BCUT2D eigenvalue weighted by Crippen LogP contribution is 2.64. The smallest absolute Gasteiger partial charge is 0.0213 e. The minimum absolute atomic E-state index is 0.201. The maximum absolute atomic E-state index is 5.92. The molecule has 1 aliphatic carbocycles. The summed E-state index contributed by atoms with van der Waals surface area (Å²) in [4.78, 5) is 0.